The van der Waals surface area contributed by atoms with Crippen molar-refractivity contribution in [1.29, 1.82) is 0 Å². The zero-order chi connectivity index (χ0) is 18.0. The van der Waals surface area contributed by atoms with Crippen LogP contribution < -0.4 is 5.56 Å². The van der Waals surface area contributed by atoms with Crippen molar-refractivity contribution in [3.05, 3.63) is 49.8 Å². The largest absolute Gasteiger partial charge is 0.338 e. The molecular weight excluding hydrogens is 336 g/mol. The van der Waals surface area contributed by atoms with Crippen LogP contribution in [0.2, 0.25) is 0 Å². The van der Waals surface area contributed by atoms with E-state index in [2.05, 4.69) is 21.9 Å². The maximum absolute atomic E-state index is 12.7. The molecule has 1 atom stereocenters. The third kappa shape index (κ3) is 3.99. The molecule has 0 radical (unpaired) electrons. The van der Waals surface area contributed by atoms with Crippen LogP contribution in [0.1, 0.15) is 32.9 Å². The van der Waals surface area contributed by atoms with Gasteiger partial charge in [0.15, 0.2) is 0 Å². The summed E-state index contributed by atoms with van der Waals surface area (Å²) >= 11 is 1.69. The van der Waals surface area contributed by atoms with Gasteiger partial charge < -0.3 is 14.8 Å². The zero-order valence-electron chi connectivity index (χ0n) is 14.9. The van der Waals surface area contributed by atoms with Crippen LogP contribution in [0.25, 0.3) is 0 Å². The van der Waals surface area contributed by atoms with Crippen LogP contribution in [0, 0.1) is 19.8 Å². The van der Waals surface area contributed by atoms with E-state index in [1.54, 1.807) is 30.5 Å². The Bertz CT molecular complexity index is 813. The van der Waals surface area contributed by atoms with E-state index in [0.717, 1.165) is 30.8 Å². The first kappa shape index (κ1) is 17.8. The minimum Gasteiger partial charge on any atom is -0.338 e. The first-order chi connectivity index (χ1) is 12.0. The van der Waals surface area contributed by atoms with Crippen molar-refractivity contribution >= 4 is 17.2 Å². The lowest BCUT2D eigenvalue weighted by atomic mass is 10.1. The van der Waals surface area contributed by atoms with Gasteiger partial charge in [-0.25, -0.2) is 4.98 Å². The molecular formula is C18H24N4O2S. The number of rotatable bonds is 5. The molecule has 0 aliphatic carbocycles. The van der Waals surface area contributed by atoms with Gasteiger partial charge in [-0.3, -0.25) is 9.59 Å². The number of hydrogen-bond acceptors (Lipinski definition) is 5. The number of amides is 1. The second-order valence-electron chi connectivity index (χ2n) is 6.83. The van der Waals surface area contributed by atoms with Crippen molar-refractivity contribution in [3.63, 3.8) is 0 Å². The number of thiazole rings is 1. The molecule has 134 valence electrons. The highest BCUT2D eigenvalue weighted by Gasteiger charge is 2.29. The summed E-state index contributed by atoms with van der Waals surface area (Å²) in [5.74, 6) is 0.285. The lowest BCUT2D eigenvalue weighted by Crippen LogP contribution is -2.35. The van der Waals surface area contributed by atoms with Crippen molar-refractivity contribution in [1.82, 2.24) is 19.8 Å². The monoisotopic (exact) mass is 360 g/mol. The summed E-state index contributed by atoms with van der Waals surface area (Å²) in [4.78, 5) is 37.0. The Morgan fingerprint density at radius 3 is 2.96 bits per heavy atom. The number of nitrogens with one attached hydrogen (secondary N) is 1. The van der Waals surface area contributed by atoms with Gasteiger partial charge in [0.25, 0.3) is 11.5 Å². The molecule has 0 unspecified atom stereocenters. The quantitative estimate of drug-likeness (QED) is 0.886. The van der Waals surface area contributed by atoms with E-state index in [9.17, 15) is 9.59 Å². The molecule has 1 aliphatic rings. The number of aromatic amines is 1. The fourth-order valence-corrected chi connectivity index (χ4v) is 4.25. The average Bonchev–Trinajstić information content (AvgIpc) is 3.17. The molecule has 6 nitrogen and oxygen atoms in total. The molecule has 0 saturated carbocycles. The van der Waals surface area contributed by atoms with Crippen LogP contribution in [-0.2, 0) is 6.54 Å². The Hall–Kier alpha value is -1.99. The number of likely N-dealkylation sites (tertiary alicyclic amines) is 1. The second kappa shape index (κ2) is 7.49. The van der Waals surface area contributed by atoms with Gasteiger partial charge in [0.2, 0.25) is 0 Å². The van der Waals surface area contributed by atoms with Crippen molar-refractivity contribution < 1.29 is 4.79 Å². The van der Waals surface area contributed by atoms with Gasteiger partial charge in [0.1, 0.15) is 5.56 Å². The van der Waals surface area contributed by atoms with Gasteiger partial charge in [-0.05, 0) is 44.9 Å². The van der Waals surface area contributed by atoms with Crippen LogP contribution in [0.4, 0.5) is 0 Å². The Kier molecular flexibility index (Phi) is 5.34. The summed E-state index contributed by atoms with van der Waals surface area (Å²) in [5, 5.41) is 0. The lowest BCUT2D eigenvalue weighted by molar-refractivity contribution is 0.0781. The third-order valence-corrected chi connectivity index (χ3v) is 5.70. The maximum atomic E-state index is 12.7. The van der Waals surface area contributed by atoms with Crippen molar-refractivity contribution in [2.24, 2.45) is 5.92 Å². The van der Waals surface area contributed by atoms with E-state index in [0.29, 0.717) is 19.0 Å². The SMILES string of the molecule is Cc1cc[nH]c(=O)c1C(=O)N1CC[C@H](CN(C)Cc2scnc2C)C1. The number of pyridine rings is 1. The van der Waals surface area contributed by atoms with E-state index < -0.39 is 0 Å². The number of carbonyl (C=O) groups excluding carboxylic acids is 1. The van der Waals surface area contributed by atoms with Gasteiger partial charge in [0, 0.05) is 37.3 Å². The van der Waals surface area contributed by atoms with Crippen molar-refractivity contribution in [2.45, 2.75) is 26.8 Å². The topological polar surface area (TPSA) is 69.3 Å². The zero-order valence-corrected chi connectivity index (χ0v) is 15.7. The standard InChI is InChI=1S/C18H24N4O2S/c1-12-4-6-19-17(23)16(12)18(24)22-7-5-14(9-22)8-21(3)10-15-13(2)20-11-25-15/h4,6,11,14H,5,7-10H2,1-3H3,(H,19,23)/t14-/m1/s1. The number of carbonyl (C=O) groups is 1. The van der Waals surface area contributed by atoms with Crippen molar-refractivity contribution in [3.8, 4) is 0 Å². The summed E-state index contributed by atoms with van der Waals surface area (Å²) < 4.78 is 0. The molecule has 1 N–H and O–H groups in total. The fraction of sp³-hybridized carbons (Fsp3) is 0.500. The first-order valence-electron chi connectivity index (χ1n) is 8.50. The highest BCUT2D eigenvalue weighted by molar-refractivity contribution is 7.09. The molecule has 1 fully saturated rings. The van der Waals surface area contributed by atoms with Gasteiger partial charge in [-0.2, -0.15) is 0 Å². The molecule has 3 rings (SSSR count). The number of H-pyrrole nitrogens is 1. The normalized spacial score (nSPS) is 17.4. The number of nitrogens with zero attached hydrogens (tertiary/aromatic N) is 3. The molecule has 7 heteroatoms. The van der Waals surface area contributed by atoms with Crippen molar-refractivity contribution in [2.75, 3.05) is 26.7 Å². The lowest BCUT2D eigenvalue weighted by Gasteiger charge is -2.21. The maximum Gasteiger partial charge on any atom is 0.261 e. The molecule has 1 saturated heterocycles. The predicted molar refractivity (Wildman–Crippen MR) is 99.0 cm³/mol. The van der Waals surface area contributed by atoms with E-state index in [1.807, 2.05) is 17.3 Å². The molecule has 3 heterocycles. The number of aryl methyl sites for hydroxylation is 2. The van der Waals surface area contributed by atoms with Gasteiger partial charge in [-0.1, -0.05) is 0 Å². The minimum atomic E-state index is -0.300. The predicted octanol–water partition coefficient (Wildman–Crippen LogP) is 2.04. The molecule has 1 amide bonds. The average molecular weight is 360 g/mol. The molecule has 0 bridgehead atoms. The molecule has 0 aromatic carbocycles. The molecule has 25 heavy (non-hydrogen) atoms. The summed E-state index contributed by atoms with van der Waals surface area (Å²) in [6.07, 6.45) is 2.55. The van der Waals surface area contributed by atoms with E-state index in [4.69, 9.17) is 0 Å². The van der Waals surface area contributed by atoms with Crippen LogP contribution in [-0.4, -0.2) is 52.4 Å². The molecule has 0 spiro atoms. The van der Waals surface area contributed by atoms with Crippen LogP contribution >= 0.6 is 11.3 Å². The van der Waals surface area contributed by atoms with Crippen LogP contribution in [0.5, 0.6) is 0 Å². The number of aromatic nitrogens is 2. The van der Waals surface area contributed by atoms with Gasteiger partial charge in [0.05, 0.1) is 11.2 Å². The van der Waals surface area contributed by atoms with E-state index in [1.165, 1.54) is 4.88 Å². The molecule has 1 aliphatic heterocycles. The van der Waals surface area contributed by atoms with Crippen LogP contribution in [0.3, 0.4) is 0 Å². The molecule has 2 aromatic rings. The Labute approximate surface area is 151 Å². The van der Waals surface area contributed by atoms with E-state index >= 15 is 0 Å². The van der Waals surface area contributed by atoms with Gasteiger partial charge >= 0.3 is 0 Å². The summed E-state index contributed by atoms with van der Waals surface area (Å²) in [6, 6.07) is 1.77. The second-order valence-corrected chi connectivity index (χ2v) is 7.77. The fourth-order valence-electron chi connectivity index (χ4n) is 3.40. The third-order valence-electron chi connectivity index (χ3n) is 4.78. The first-order valence-corrected chi connectivity index (χ1v) is 9.38. The summed E-state index contributed by atoms with van der Waals surface area (Å²) in [7, 11) is 2.11. The minimum absolute atomic E-state index is 0.150. The highest BCUT2D eigenvalue weighted by atomic mass is 32.1. The highest BCUT2D eigenvalue weighted by Crippen LogP contribution is 2.21. The Balaban J connectivity index is 1.59. The van der Waals surface area contributed by atoms with E-state index in [-0.39, 0.29) is 17.0 Å². The van der Waals surface area contributed by atoms with Gasteiger partial charge in [-0.15, -0.1) is 11.3 Å². The number of hydrogen-bond donors (Lipinski definition) is 1. The Morgan fingerprint density at radius 1 is 1.48 bits per heavy atom. The molecule has 2 aromatic heterocycles. The Morgan fingerprint density at radius 2 is 2.28 bits per heavy atom. The van der Waals surface area contributed by atoms with Crippen LogP contribution in [0.15, 0.2) is 22.6 Å². The smallest absolute Gasteiger partial charge is 0.261 e. The summed E-state index contributed by atoms with van der Waals surface area (Å²) in [5.41, 5.74) is 3.69. The summed E-state index contributed by atoms with van der Waals surface area (Å²) in [6.45, 7) is 7.09.